The van der Waals surface area contributed by atoms with Gasteiger partial charge in [-0.3, -0.25) is 4.79 Å². The smallest absolute Gasteiger partial charge is 0.251 e. The van der Waals surface area contributed by atoms with Gasteiger partial charge in [-0.25, -0.2) is 4.98 Å². The molecule has 7 heteroatoms. The van der Waals surface area contributed by atoms with Gasteiger partial charge in [-0.1, -0.05) is 11.6 Å². The number of carbonyl (C=O) groups is 1. The molecule has 142 valence electrons. The molecule has 0 bridgehead atoms. The summed E-state index contributed by atoms with van der Waals surface area (Å²) in [5, 5.41) is 6.78. The third-order valence-corrected chi connectivity index (χ3v) is 5.73. The molecule has 0 unspecified atom stereocenters. The van der Waals surface area contributed by atoms with Gasteiger partial charge < -0.3 is 14.6 Å². The van der Waals surface area contributed by atoms with Gasteiger partial charge in [-0.2, -0.15) is 0 Å². The summed E-state index contributed by atoms with van der Waals surface area (Å²) < 4.78 is 8.50. The topological polar surface area (TPSA) is 56.1 Å². The highest BCUT2D eigenvalue weighted by Crippen LogP contribution is 2.29. The van der Waals surface area contributed by atoms with E-state index in [1.807, 2.05) is 47.3 Å². The molecule has 0 aliphatic heterocycles. The number of halogens is 1. The molecule has 0 saturated carbocycles. The zero-order chi connectivity index (χ0) is 19.7. The van der Waals surface area contributed by atoms with Crippen molar-refractivity contribution in [3.8, 4) is 11.4 Å². The number of nitrogens with one attached hydrogen (secondary N) is 1. The molecule has 1 N–H and O–H groups in total. The van der Waals surface area contributed by atoms with Crippen molar-refractivity contribution in [3.05, 3.63) is 76.1 Å². The number of aryl methyl sites for hydroxylation is 1. The SMILES string of the molecule is COc1cc(C(=O)NCc2csc3ccc(Cl)cc23)ccc1-n1cnc(C)c1. The van der Waals surface area contributed by atoms with Crippen LogP contribution in [0.15, 0.2) is 54.3 Å². The molecule has 0 fully saturated rings. The Hall–Kier alpha value is -2.83. The molecule has 5 nitrogen and oxygen atoms in total. The Bertz CT molecular complexity index is 1170. The number of benzene rings is 2. The van der Waals surface area contributed by atoms with Crippen LogP contribution < -0.4 is 10.1 Å². The average Bonchev–Trinajstić information content (AvgIpc) is 3.31. The molecule has 0 atom stereocenters. The van der Waals surface area contributed by atoms with Crippen LogP contribution in [-0.4, -0.2) is 22.6 Å². The number of amides is 1. The minimum atomic E-state index is -0.159. The highest BCUT2D eigenvalue weighted by Gasteiger charge is 2.13. The van der Waals surface area contributed by atoms with Gasteiger partial charge in [0.2, 0.25) is 0 Å². The lowest BCUT2D eigenvalue weighted by atomic mass is 10.1. The van der Waals surface area contributed by atoms with Crippen molar-refractivity contribution in [2.24, 2.45) is 0 Å². The first-order valence-electron chi connectivity index (χ1n) is 8.68. The molecule has 4 rings (SSSR count). The second-order valence-electron chi connectivity index (χ2n) is 6.39. The van der Waals surface area contributed by atoms with Crippen molar-refractivity contribution in [2.45, 2.75) is 13.5 Å². The highest BCUT2D eigenvalue weighted by atomic mass is 35.5. The Labute approximate surface area is 171 Å². The van der Waals surface area contributed by atoms with Crippen molar-refractivity contribution in [3.63, 3.8) is 0 Å². The highest BCUT2D eigenvalue weighted by molar-refractivity contribution is 7.17. The van der Waals surface area contributed by atoms with E-state index in [0.717, 1.165) is 27.0 Å². The summed E-state index contributed by atoms with van der Waals surface area (Å²) in [4.78, 5) is 16.9. The van der Waals surface area contributed by atoms with E-state index >= 15 is 0 Å². The zero-order valence-corrected chi connectivity index (χ0v) is 17.0. The van der Waals surface area contributed by atoms with E-state index < -0.39 is 0 Å². The van der Waals surface area contributed by atoms with Crippen LogP contribution in [0.5, 0.6) is 5.75 Å². The van der Waals surface area contributed by atoms with E-state index in [0.29, 0.717) is 22.9 Å². The number of methoxy groups -OCH3 is 1. The van der Waals surface area contributed by atoms with Gasteiger partial charge in [-0.15, -0.1) is 11.3 Å². The number of thiophene rings is 1. The summed E-state index contributed by atoms with van der Waals surface area (Å²) in [5.41, 5.74) is 3.33. The fourth-order valence-electron chi connectivity index (χ4n) is 3.05. The van der Waals surface area contributed by atoms with Crippen LogP contribution in [-0.2, 0) is 6.54 Å². The number of carbonyl (C=O) groups excluding carboxylic acids is 1. The van der Waals surface area contributed by atoms with Crippen molar-refractivity contribution in [1.29, 1.82) is 0 Å². The molecule has 0 aliphatic carbocycles. The van der Waals surface area contributed by atoms with E-state index in [1.54, 1.807) is 36.9 Å². The predicted octanol–water partition coefficient (Wildman–Crippen LogP) is 4.99. The second kappa shape index (κ2) is 7.66. The van der Waals surface area contributed by atoms with Crippen LogP contribution in [0.3, 0.4) is 0 Å². The van der Waals surface area contributed by atoms with Gasteiger partial charge in [-0.05, 0) is 59.7 Å². The molecule has 4 aromatic rings. The van der Waals surface area contributed by atoms with Crippen LogP contribution in [0.25, 0.3) is 15.8 Å². The van der Waals surface area contributed by atoms with Gasteiger partial charge in [0, 0.05) is 28.0 Å². The maximum Gasteiger partial charge on any atom is 0.251 e. The lowest BCUT2D eigenvalue weighted by Crippen LogP contribution is -2.22. The summed E-state index contributed by atoms with van der Waals surface area (Å²) in [6.45, 7) is 2.36. The third kappa shape index (κ3) is 3.61. The molecular weight excluding hydrogens is 394 g/mol. The lowest BCUT2D eigenvalue weighted by Gasteiger charge is -2.11. The number of imidazole rings is 1. The number of ether oxygens (including phenoxy) is 1. The summed E-state index contributed by atoms with van der Waals surface area (Å²) in [5.74, 6) is 0.450. The second-order valence-corrected chi connectivity index (χ2v) is 7.74. The zero-order valence-electron chi connectivity index (χ0n) is 15.4. The predicted molar refractivity (Wildman–Crippen MR) is 113 cm³/mol. The average molecular weight is 412 g/mol. The van der Waals surface area contributed by atoms with Crippen molar-refractivity contribution >= 4 is 38.9 Å². The van der Waals surface area contributed by atoms with Gasteiger partial charge >= 0.3 is 0 Å². The maximum atomic E-state index is 12.7. The fraction of sp³-hybridized carbons (Fsp3) is 0.143. The van der Waals surface area contributed by atoms with Crippen molar-refractivity contribution in [1.82, 2.24) is 14.9 Å². The fourth-order valence-corrected chi connectivity index (χ4v) is 4.17. The molecule has 1 amide bonds. The minimum Gasteiger partial charge on any atom is -0.495 e. The number of hydrogen-bond acceptors (Lipinski definition) is 4. The normalized spacial score (nSPS) is 11.0. The molecule has 0 saturated heterocycles. The maximum absolute atomic E-state index is 12.7. The van der Waals surface area contributed by atoms with E-state index in [1.165, 1.54) is 0 Å². The standard InChI is InChI=1S/C21H18ClN3O2S/c1-13-10-25(12-24-13)18-5-3-14(7-19(18)27-2)21(26)23-9-15-11-28-20-6-4-16(22)8-17(15)20/h3-8,10-12H,9H2,1-2H3,(H,23,26). The number of hydrogen-bond donors (Lipinski definition) is 1. The Kier molecular flexibility index (Phi) is 5.07. The van der Waals surface area contributed by atoms with Crippen LogP contribution in [0.2, 0.25) is 5.02 Å². The van der Waals surface area contributed by atoms with Crippen LogP contribution in [0.1, 0.15) is 21.6 Å². The molecule has 2 aromatic heterocycles. The van der Waals surface area contributed by atoms with Crippen molar-refractivity contribution < 1.29 is 9.53 Å². The third-order valence-electron chi connectivity index (χ3n) is 4.49. The van der Waals surface area contributed by atoms with Crippen LogP contribution >= 0.6 is 22.9 Å². The number of nitrogens with zero attached hydrogens (tertiary/aromatic N) is 2. The molecular formula is C21H18ClN3O2S. The van der Waals surface area contributed by atoms with E-state index in [2.05, 4.69) is 10.3 Å². The summed E-state index contributed by atoms with van der Waals surface area (Å²) in [7, 11) is 1.59. The molecule has 2 aromatic carbocycles. The Morgan fingerprint density at radius 3 is 2.89 bits per heavy atom. The number of aromatic nitrogens is 2. The molecule has 0 radical (unpaired) electrons. The van der Waals surface area contributed by atoms with Crippen LogP contribution in [0.4, 0.5) is 0 Å². The number of rotatable bonds is 5. The van der Waals surface area contributed by atoms with E-state index in [-0.39, 0.29) is 5.91 Å². The first-order valence-corrected chi connectivity index (χ1v) is 9.94. The quantitative estimate of drug-likeness (QED) is 0.503. The van der Waals surface area contributed by atoms with E-state index in [9.17, 15) is 4.79 Å². The van der Waals surface area contributed by atoms with E-state index in [4.69, 9.17) is 16.3 Å². The first-order chi connectivity index (χ1) is 13.5. The van der Waals surface area contributed by atoms with Gasteiger partial charge in [0.15, 0.2) is 0 Å². The molecule has 0 spiro atoms. The Morgan fingerprint density at radius 2 is 2.14 bits per heavy atom. The molecule has 0 aliphatic rings. The molecule has 2 heterocycles. The lowest BCUT2D eigenvalue weighted by molar-refractivity contribution is 0.0951. The Morgan fingerprint density at radius 1 is 1.29 bits per heavy atom. The van der Waals surface area contributed by atoms with Gasteiger partial charge in [0.1, 0.15) is 5.75 Å². The first kappa shape index (κ1) is 18.5. The largest absolute Gasteiger partial charge is 0.495 e. The van der Waals surface area contributed by atoms with Crippen LogP contribution in [0, 0.1) is 6.92 Å². The van der Waals surface area contributed by atoms with Gasteiger partial charge in [0.25, 0.3) is 5.91 Å². The van der Waals surface area contributed by atoms with Gasteiger partial charge in [0.05, 0.1) is 24.8 Å². The summed E-state index contributed by atoms with van der Waals surface area (Å²) in [6, 6.07) is 11.2. The van der Waals surface area contributed by atoms with Crippen molar-refractivity contribution in [2.75, 3.05) is 7.11 Å². The number of fused-ring (bicyclic) bond motifs is 1. The molecule has 28 heavy (non-hydrogen) atoms. The summed E-state index contributed by atoms with van der Waals surface area (Å²) >= 11 is 7.74. The monoisotopic (exact) mass is 411 g/mol. The minimum absolute atomic E-state index is 0.159. The summed E-state index contributed by atoms with van der Waals surface area (Å²) in [6.07, 6.45) is 3.63. The Balaban J connectivity index is 1.53.